The molecule has 0 aromatic heterocycles. The largest absolute Gasteiger partial charge is 0.480 e. The number of rotatable bonds is 5. The number of carbonyl (C=O) groups excluding carboxylic acids is 3. The molecule has 2 N–H and O–H groups in total. The van der Waals surface area contributed by atoms with Crippen molar-refractivity contribution in [3.05, 3.63) is 33.8 Å². The Morgan fingerprint density at radius 2 is 1.96 bits per heavy atom. The zero-order valence-corrected chi connectivity index (χ0v) is 13.9. The van der Waals surface area contributed by atoms with Crippen LogP contribution < -0.4 is 5.32 Å². The summed E-state index contributed by atoms with van der Waals surface area (Å²) in [5.41, 5.74) is 0.705. The third kappa shape index (κ3) is 4.24. The van der Waals surface area contributed by atoms with Gasteiger partial charge < -0.3 is 15.3 Å². The van der Waals surface area contributed by atoms with Crippen LogP contribution in [0.1, 0.15) is 12.0 Å². The average Bonchev–Trinajstić information content (AvgIpc) is 2.51. The van der Waals surface area contributed by atoms with Crippen LogP contribution in [0.5, 0.6) is 0 Å². The van der Waals surface area contributed by atoms with E-state index in [4.69, 9.17) is 28.3 Å². The van der Waals surface area contributed by atoms with E-state index in [2.05, 4.69) is 5.32 Å². The van der Waals surface area contributed by atoms with Gasteiger partial charge in [0, 0.05) is 19.5 Å². The first-order valence-corrected chi connectivity index (χ1v) is 7.80. The van der Waals surface area contributed by atoms with Crippen LogP contribution in [0, 0.1) is 5.92 Å². The number of aliphatic carboxylic acids is 1. The number of carboxylic acids is 1. The smallest absolute Gasteiger partial charge is 0.322 e. The van der Waals surface area contributed by atoms with Crippen molar-refractivity contribution in [3.63, 3.8) is 0 Å². The molecule has 1 atom stereocenters. The van der Waals surface area contributed by atoms with Gasteiger partial charge in [0.25, 0.3) is 0 Å². The molecule has 2 rings (SSSR count). The van der Waals surface area contributed by atoms with E-state index in [9.17, 15) is 19.2 Å². The fraction of sp³-hybridized carbons (Fsp3) is 0.333. The topological polar surface area (TPSA) is 104 Å². The minimum Gasteiger partial charge on any atom is -0.480 e. The molecule has 1 heterocycles. The Labute approximate surface area is 147 Å². The van der Waals surface area contributed by atoms with Gasteiger partial charge >= 0.3 is 5.97 Å². The van der Waals surface area contributed by atoms with Gasteiger partial charge in [-0.1, -0.05) is 29.3 Å². The van der Waals surface area contributed by atoms with Gasteiger partial charge in [0.05, 0.1) is 10.0 Å². The molecular weight excluding hydrogens is 359 g/mol. The molecule has 1 aliphatic rings. The molecule has 1 saturated heterocycles. The minimum atomic E-state index is -1.51. The highest BCUT2D eigenvalue weighted by Crippen LogP contribution is 2.24. The zero-order valence-electron chi connectivity index (χ0n) is 12.4. The van der Waals surface area contributed by atoms with Gasteiger partial charge in [0.15, 0.2) is 11.7 Å². The van der Waals surface area contributed by atoms with Crippen molar-refractivity contribution in [3.8, 4) is 0 Å². The lowest BCUT2D eigenvalue weighted by Crippen LogP contribution is -2.52. The van der Waals surface area contributed by atoms with Gasteiger partial charge in [-0.2, -0.15) is 0 Å². The number of carboxylic acid groups (broad SMARTS) is 1. The van der Waals surface area contributed by atoms with E-state index in [0.29, 0.717) is 15.6 Å². The van der Waals surface area contributed by atoms with Crippen molar-refractivity contribution in [2.75, 3.05) is 13.1 Å². The number of Topliss-reactive ketones (excluding diaryl/α,β-unsaturated/α-hetero) is 1. The Bertz CT molecular complexity index is 707. The maximum atomic E-state index is 12.4. The summed E-state index contributed by atoms with van der Waals surface area (Å²) in [7, 11) is 0. The number of hydrogen-bond donors (Lipinski definition) is 2. The van der Waals surface area contributed by atoms with Crippen LogP contribution in [0.25, 0.3) is 0 Å². The van der Waals surface area contributed by atoms with E-state index in [-0.39, 0.29) is 19.5 Å². The second-order valence-corrected chi connectivity index (χ2v) is 6.08. The van der Waals surface area contributed by atoms with Crippen LogP contribution in [0.3, 0.4) is 0 Å². The third-order valence-corrected chi connectivity index (χ3v) is 4.28. The first-order chi connectivity index (χ1) is 11.3. The van der Waals surface area contributed by atoms with E-state index in [1.54, 1.807) is 18.2 Å². The van der Waals surface area contributed by atoms with Crippen LogP contribution in [0.15, 0.2) is 18.2 Å². The summed E-state index contributed by atoms with van der Waals surface area (Å²) < 4.78 is 0. The standard InChI is InChI=1S/C15H14Cl2N2O5/c16-9-2-1-8(5-10(9)17)7-19-4-3-11(20)13(15(19)24)14(23)18-6-12(21)22/h1-2,5,13H,3-4,6-7H2,(H,18,23)(H,21,22). The van der Waals surface area contributed by atoms with E-state index in [0.717, 1.165) is 0 Å². The number of hydrogen-bond acceptors (Lipinski definition) is 4. The van der Waals surface area contributed by atoms with Crippen molar-refractivity contribution in [2.45, 2.75) is 13.0 Å². The van der Waals surface area contributed by atoms with Gasteiger partial charge in [-0.25, -0.2) is 0 Å². The molecule has 0 radical (unpaired) electrons. The van der Waals surface area contributed by atoms with Crippen molar-refractivity contribution >= 4 is 46.8 Å². The molecule has 1 aromatic carbocycles. The molecule has 0 saturated carbocycles. The highest BCUT2D eigenvalue weighted by molar-refractivity contribution is 6.42. The first kappa shape index (κ1) is 18.2. The number of likely N-dealkylation sites (tertiary alicyclic amines) is 1. The molecule has 1 aliphatic heterocycles. The fourth-order valence-corrected chi connectivity index (χ4v) is 2.68. The minimum absolute atomic E-state index is 0.0260. The third-order valence-electron chi connectivity index (χ3n) is 3.54. The molecular formula is C15H14Cl2N2O5. The summed E-state index contributed by atoms with van der Waals surface area (Å²) in [4.78, 5) is 48.1. The van der Waals surface area contributed by atoms with E-state index < -0.39 is 36.0 Å². The second-order valence-electron chi connectivity index (χ2n) is 5.27. The van der Waals surface area contributed by atoms with Crippen LogP contribution in [0.4, 0.5) is 0 Å². The predicted molar refractivity (Wildman–Crippen MR) is 85.6 cm³/mol. The lowest BCUT2D eigenvalue weighted by atomic mass is 9.94. The summed E-state index contributed by atoms with van der Waals surface area (Å²) in [6.07, 6.45) is 0.0260. The zero-order chi connectivity index (χ0) is 17.9. The van der Waals surface area contributed by atoms with Crippen molar-refractivity contribution in [1.82, 2.24) is 10.2 Å². The summed E-state index contributed by atoms with van der Waals surface area (Å²) >= 11 is 11.8. The SMILES string of the molecule is O=C(O)CNC(=O)C1C(=O)CCN(Cc2ccc(Cl)c(Cl)c2)C1=O. The van der Waals surface area contributed by atoms with Crippen LogP contribution in [0.2, 0.25) is 10.0 Å². The Morgan fingerprint density at radius 3 is 2.58 bits per heavy atom. The number of halogens is 2. The molecule has 128 valence electrons. The molecule has 1 fully saturated rings. The van der Waals surface area contributed by atoms with Gasteiger partial charge in [0.1, 0.15) is 6.54 Å². The highest BCUT2D eigenvalue weighted by atomic mass is 35.5. The molecule has 24 heavy (non-hydrogen) atoms. The Morgan fingerprint density at radius 1 is 1.25 bits per heavy atom. The number of ketones is 1. The summed E-state index contributed by atoms with van der Waals surface area (Å²) in [6, 6.07) is 4.89. The molecule has 1 aromatic rings. The van der Waals surface area contributed by atoms with Gasteiger partial charge in [0.2, 0.25) is 11.8 Å². The quantitative estimate of drug-likeness (QED) is 0.753. The van der Waals surface area contributed by atoms with E-state index in [1.165, 1.54) is 4.90 Å². The number of amides is 2. The Hall–Kier alpha value is -2.12. The molecule has 2 amide bonds. The van der Waals surface area contributed by atoms with Crippen molar-refractivity contribution < 1.29 is 24.3 Å². The van der Waals surface area contributed by atoms with E-state index in [1.807, 2.05) is 0 Å². The van der Waals surface area contributed by atoms with Crippen LogP contribution in [-0.4, -0.2) is 46.7 Å². The number of carbonyl (C=O) groups is 4. The van der Waals surface area contributed by atoms with Gasteiger partial charge in [-0.15, -0.1) is 0 Å². The second kappa shape index (κ2) is 7.63. The lowest BCUT2D eigenvalue weighted by molar-refractivity contribution is -0.152. The Kier molecular flexibility index (Phi) is 5.80. The first-order valence-electron chi connectivity index (χ1n) is 7.04. The van der Waals surface area contributed by atoms with Crippen LogP contribution in [-0.2, 0) is 25.7 Å². The number of piperidine rings is 1. The number of nitrogens with zero attached hydrogens (tertiary/aromatic N) is 1. The Balaban J connectivity index is 2.10. The summed E-state index contributed by atoms with van der Waals surface area (Å²) in [5.74, 6) is -4.84. The molecule has 1 unspecified atom stereocenters. The fourth-order valence-electron chi connectivity index (χ4n) is 2.36. The highest BCUT2D eigenvalue weighted by Gasteiger charge is 2.40. The molecule has 0 bridgehead atoms. The molecule has 0 aliphatic carbocycles. The average molecular weight is 373 g/mol. The molecule has 7 nitrogen and oxygen atoms in total. The molecule has 9 heteroatoms. The van der Waals surface area contributed by atoms with Gasteiger partial charge in [-0.3, -0.25) is 19.2 Å². The van der Waals surface area contributed by atoms with Crippen molar-refractivity contribution in [2.24, 2.45) is 5.92 Å². The van der Waals surface area contributed by atoms with E-state index >= 15 is 0 Å². The summed E-state index contributed by atoms with van der Waals surface area (Å²) in [6.45, 7) is -0.297. The number of benzene rings is 1. The lowest BCUT2D eigenvalue weighted by Gasteiger charge is -2.30. The predicted octanol–water partition coefficient (Wildman–Crippen LogP) is 1.11. The maximum Gasteiger partial charge on any atom is 0.322 e. The van der Waals surface area contributed by atoms with Gasteiger partial charge in [-0.05, 0) is 17.7 Å². The normalized spacial score (nSPS) is 17.8. The monoisotopic (exact) mass is 372 g/mol. The summed E-state index contributed by atoms with van der Waals surface area (Å²) in [5, 5.41) is 11.4. The van der Waals surface area contributed by atoms with Crippen LogP contribution >= 0.6 is 23.2 Å². The maximum absolute atomic E-state index is 12.4. The number of nitrogens with one attached hydrogen (secondary N) is 1. The van der Waals surface area contributed by atoms with Crippen molar-refractivity contribution in [1.29, 1.82) is 0 Å². The molecule has 0 spiro atoms.